The Kier molecular flexibility index (Phi) is 6.04. The van der Waals surface area contributed by atoms with Gasteiger partial charge >= 0.3 is 0 Å². The van der Waals surface area contributed by atoms with E-state index in [1.165, 1.54) is 12.8 Å². The van der Waals surface area contributed by atoms with Crippen molar-refractivity contribution in [2.45, 2.75) is 37.6 Å². The summed E-state index contributed by atoms with van der Waals surface area (Å²) < 4.78 is 0.742. The highest BCUT2D eigenvalue weighted by Gasteiger charge is 2.25. The molecule has 2 aliphatic rings. The fraction of sp³-hybridized carbons (Fsp3) is 0.364. The van der Waals surface area contributed by atoms with Crippen molar-refractivity contribution in [2.75, 3.05) is 23.7 Å². The quantitative estimate of drug-likeness (QED) is 0.341. The molecule has 1 aliphatic carbocycles. The summed E-state index contributed by atoms with van der Waals surface area (Å²) >= 11 is 3.49. The van der Waals surface area contributed by atoms with Gasteiger partial charge in [0.1, 0.15) is 0 Å². The molecular weight excluding hydrogens is 472 g/mol. The lowest BCUT2D eigenvalue weighted by Crippen LogP contribution is -2.87. The van der Waals surface area contributed by atoms with E-state index in [9.17, 15) is 4.79 Å². The molecule has 0 bridgehead atoms. The second-order valence-corrected chi connectivity index (χ2v) is 9.17. The minimum atomic E-state index is -0.0283. The van der Waals surface area contributed by atoms with Gasteiger partial charge in [-0.1, -0.05) is 0 Å². The topological polar surface area (TPSA) is 124 Å². The number of H-pyrrole nitrogens is 1. The molecule has 3 aromatic rings. The van der Waals surface area contributed by atoms with E-state index >= 15 is 0 Å². The van der Waals surface area contributed by atoms with Gasteiger partial charge in [0.25, 0.3) is 5.91 Å². The molecule has 10 heteroatoms. The third-order valence-corrected chi connectivity index (χ3v) is 6.36. The first-order valence-corrected chi connectivity index (χ1v) is 11.8. The Labute approximate surface area is 194 Å². The SMILES string of the molecule is O=C(NC1CC[NH2+]CC1)c1ccc(Nc2ncc(Br)c(Nc3cc(C4CC4)[nH]n3)n2)cc1. The molecule has 0 radical (unpaired) electrons. The number of piperidine rings is 1. The van der Waals surface area contributed by atoms with E-state index in [1.54, 1.807) is 6.20 Å². The van der Waals surface area contributed by atoms with E-state index in [0.29, 0.717) is 23.2 Å². The zero-order valence-electron chi connectivity index (χ0n) is 17.6. The molecular formula is C22H26BrN8O+. The first-order valence-electron chi connectivity index (χ1n) is 11.0. The predicted octanol–water partition coefficient (Wildman–Crippen LogP) is 2.78. The van der Waals surface area contributed by atoms with E-state index in [2.05, 4.69) is 57.4 Å². The molecule has 1 amide bonds. The lowest BCUT2D eigenvalue weighted by Gasteiger charge is -2.21. The van der Waals surface area contributed by atoms with Gasteiger partial charge in [-0.05, 0) is 53.0 Å². The van der Waals surface area contributed by atoms with Crippen LogP contribution in [0.4, 0.5) is 23.3 Å². The number of hydrogen-bond acceptors (Lipinski definition) is 6. The highest BCUT2D eigenvalue weighted by atomic mass is 79.9. The monoisotopic (exact) mass is 497 g/mol. The number of carbonyl (C=O) groups is 1. The lowest BCUT2D eigenvalue weighted by molar-refractivity contribution is -0.663. The molecule has 3 heterocycles. The summed E-state index contributed by atoms with van der Waals surface area (Å²) in [6, 6.07) is 9.63. The van der Waals surface area contributed by atoms with Crippen LogP contribution in [0.3, 0.4) is 0 Å². The Hall–Kier alpha value is -2.98. The van der Waals surface area contributed by atoms with Crippen molar-refractivity contribution in [3.05, 3.63) is 52.3 Å². The first kappa shape index (κ1) is 20.9. The molecule has 1 aromatic carbocycles. The van der Waals surface area contributed by atoms with Crippen LogP contribution in [0.2, 0.25) is 0 Å². The number of rotatable bonds is 7. The first-order chi connectivity index (χ1) is 15.6. The highest BCUT2D eigenvalue weighted by molar-refractivity contribution is 9.10. The smallest absolute Gasteiger partial charge is 0.251 e. The number of nitrogens with zero attached hydrogens (tertiary/aromatic N) is 3. The summed E-state index contributed by atoms with van der Waals surface area (Å²) in [4.78, 5) is 21.4. The van der Waals surface area contributed by atoms with Crippen LogP contribution in [0.5, 0.6) is 0 Å². The average molecular weight is 498 g/mol. The fourth-order valence-corrected chi connectivity index (χ4v) is 4.10. The van der Waals surface area contributed by atoms with Gasteiger partial charge in [0.05, 0.1) is 17.6 Å². The van der Waals surface area contributed by atoms with Gasteiger partial charge in [0.15, 0.2) is 11.6 Å². The van der Waals surface area contributed by atoms with Crippen molar-refractivity contribution in [3.8, 4) is 0 Å². The number of halogens is 1. The Bertz CT molecular complexity index is 1090. The highest BCUT2D eigenvalue weighted by Crippen LogP contribution is 2.39. The Morgan fingerprint density at radius 2 is 1.88 bits per heavy atom. The van der Waals surface area contributed by atoms with Crippen LogP contribution in [0, 0.1) is 0 Å². The normalized spacial score (nSPS) is 16.5. The third kappa shape index (κ3) is 5.08. The van der Waals surface area contributed by atoms with Gasteiger partial charge in [-0.2, -0.15) is 10.1 Å². The van der Waals surface area contributed by atoms with Crippen LogP contribution < -0.4 is 21.3 Å². The molecule has 0 unspecified atom stereocenters. The van der Waals surface area contributed by atoms with Crippen molar-refractivity contribution >= 4 is 45.1 Å². The Morgan fingerprint density at radius 1 is 1.09 bits per heavy atom. The Balaban J connectivity index is 1.22. The number of benzene rings is 1. The number of aromatic nitrogens is 4. The summed E-state index contributed by atoms with van der Waals surface area (Å²) in [5.41, 5.74) is 2.61. The molecule has 1 aliphatic heterocycles. The molecule has 9 nitrogen and oxygen atoms in total. The number of amides is 1. The molecule has 2 fully saturated rings. The molecule has 5 rings (SSSR count). The lowest BCUT2D eigenvalue weighted by atomic mass is 10.1. The van der Waals surface area contributed by atoms with Gasteiger partial charge in [0, 0.05) is 54.0 Å². The van der Waals surface area contributed by atoms with E-state index in [1.807, 2.05) is 30.3 Å². The van der Waals surface area contributed by atoms with E-state index in [-0.39, 0.29) is 11.9 Å². The minimum Gasteiger partial charge on any atom is -0.349 e. The largest absolute Gasteiger partial charge is 0.349 e. The zero-order valence-corrected chi connectivity index (χ0v) is 19.2. The molecule has 166 valence electrons. The molecule has 6 N–H and O–H groups in total. The number of hydrogen-bond donors (Lipinski definition) is 5. The van der Waals surface area contributed by atoms with Crippen LogP contribution in [0.25, 0.3) is 0 Å². The minimum absolute atomic E-state index is 0.0283. The molecule has 1 saturated carbocycles. The number of aromatic amines is 1. The Morgan fingerprint density at radius 3 is 2.62 bits per heavy atom. The van der Waals surface area contributed by atoms with Crippen LogP contribution in [-0.2, 0) is 0 Å². The summed E-state index contributed by atoms with van der Waals surface area (Å²) in [6.45, 7) is 2.14. The van der Waals surface area contributed by atoms with Gasteiger partial charge in [-0.3, -0.25) is 9.89 Å². The maximum absolute atomic E-state index is 12.5. The van der Waals surface area contributed by atoms with Crippen molar-refractivity contribution in [3.63, 3.8) is 0 Å². The number of nitrogens with two attached hydrogens (primary N) is 1. The van der Waals surface area contributed by atoms with Gasteiger partial charge < -0.3 is 21.3 Å². The van der Waals surface area contributed by atoms with E-state index in [4.69, 9.17) is 0 Å². The summed E-state index contributed by atoms with van der Waals surface area (Å²) in [5.74, 6) is 2.37. The van der Waals surface area contributed by atoms with Gasteiger partial charge in [-0.25, -0.2) is 4.98 Å². The molecule has 32 heavy (non-hydrogen) atoms. The van der Waals surface area contributed by atoms with Crippen molar-refractivity contribution < 1.29 is 10.1 Å². The third-order valence-electron chi connectivity index (χ3n) is 5.78. The fourth-order valence-electron chi connectivity index (χ4n) is 3.81. The number of quaternary nitrogens is 1. The zero-order chi connectivity index (χ0) is 21.9. The van der Waals surface area contributed by atoms with E-state index < -0.39 is 0 Å². The predicted molar refractivity (Wildman–Crippen MR) is 125 cm³/mol. The molecule has 0 atom stereocenters. The van der Waals surface area contributed by atoms with Gasteiger partial charge in [-0.15, -0.1) is 0 Å². The summed E-state index contributed by atoms with van der Waals surface area (Å²) in [5, 5.41) is 19.2. The molecule has 0 spiro atoms. The van der Waals surface area contributed by atoms with Crippen molar-refractivity contribution in [1.29, 1.82) is 0 Å². The average Bonchev–Trinajstić information content (AvgIpc) is 3.56. The standard InChI is InChI=1S/C22H25BrN8O/c23-17-12-25-22(29-20(17)28-19-11-18(30-31-19)13-1-2-13)27-15-5-3-14(4-6-15)21(32)26-16-7-9-24-10-8-16/h3-6,11-13,16,24H,1-2,7-10H2,(H,26,32)(H3,25,27,28,29,30,31)/p+1. The van der Waals surface area contributed by atoms with Crippen LogP contribution in [-0.4, -0.2) is 45.2 Å². The maximum Gasteiger partial charge on any atom is 0.251 e. The number of nitrogens with one attached hydrogen (secondary N) is 4. The maximum atomic E-state index is 12.5. The van der Waals surface area contributed by atoms with Crippen LogP contribution in [0.1, 0.15) is 47.7 Å². The number of anilines is 4. The summed E-state index contributed by atoms with van der Waals surface area (Å²) in [7, 11) is 0. The van der Waals surface area contributed by atoms with Crippen molar-refractivity contribution in [1.82, 2.24) is 25.5 Å². The van der Waals surface area contributed by atoms with Crippen LogP contribution in [0.15, 0.2) is 41.0 Å². The second kappa shape index (κ2) is 9.25. The van der Waals surface area contributed by atoms with Crippen LogP contribution >= 0.6 is 15.9 Å². The number of carbonyl (C=O) groups excluding carboxylic acids is 1. The second-order valence-electron chi connectivity index (χ2n) is 8.31. The van der Waals surface area contributed by atoms with Gasteiger partial charge in [0.2, 0.25) is 5.95 Å². The van der Waals surface area contributed by atoms with E-state index in [0.717, 1.165) is 47.6 Å². The summed E-state index contributed by atoms with van der Waals surface area (Å²) in [6.07, 6.45) is 6.15. The van der Waals surface area contributed by atoms with Crippen molar-refractivity contribution in [2.24, 2.45) is 0 Å². The molecule has 2 aromatic heterocycles. The molecule has 1 saturated heterocycles.